The van der Waals surface area contributed by atoms with E-state index < -0.39 is 0 Å². The Labute approximate surface area is 178 Å². The second-order valence-corrected chi connectivity index (χ2v) is 8.39. The molecule has 0 spiro atoms. The summed E-state index contributed by atoms with van der Waals surface area (Å²) < 4.78 is 13.1. The van der Waals surface area contributed by atoms with Crippen LogP contribution >= 0.6 is 0 Å². The molecular weight excluding hydrogens is 379 g/mol. The third-order valence-electron chi connectivity index (χ3n) is 6.20. The number of hydrogen-bond acceptors (Lipinski definition) is 3. The minimum absolute atomic E-state index is 0.0581. The number of piperazine rings is 1. The zero-order valence-corrected chi connectivity index (χ0v) is 17.6. The number of hydrogen-bond donors (Lipinski definition) is 2. The van der Waals surface area contributed by atoms with Gasteiger partial charge >= 0.3 is 0 Å². The summed E-state index contributed by atoms with van der Waals surface area (Å²) in [6.45, 7) is 6.28. The molecule has 0 aliphatic carbocycles. The molecule has 160 valence electrons. The first-order valence-corrected chi connectivity index (χ1v) is 11.2. The molecule has 2 saturated heterocycles. The predicted molar refractivity (Wildman–Crippen MR) is 120 cm³/mol. The molecule has 0 aromatic heterocycles. The van der Waals surface area contributed by atoms with Crippen molar-refractivity contribution in [2.24, 2.45) is 0 Å². The van der Waals surface area contributed by atoms with E-state index in [9.17, 15) is 9.18 Å². The molecule has 6 heteroatoms. The highest BCUT2D eigenvalue weighted by atomic mass is 19.1. The van der Waals surface area contributed by atoms with Crippen LogP contribution in [0.1, 0.15) is 25.7 Å². The highest BCUT2D eigenvalue weighted by molar-refractivity contribution is 5.91. The van der Waals surface area contributed by atoms with Gasteiger partial charge in [-0.1, -0.05) is 12.8 Å². The van der Waals surface area contributed by atoms with Crippen LogP contribution in [0, 0.1) is 5.82 Å². The number of carbonyl (C=O) groups excluding carboxylic acids is 1. The van der Waals surface area contributed by atoms with Crippen LogP contribution in [0.15, 0.2) is 48.5 Å². The largest absolute Gasteiger partial charge is 0.372 e. The quantitative estimate of drug-likeness (QED) is 0.795. The predicted octanol–water partition coefficient (Wildman–Crippen LogP) is 2.55. The van der Waals surface area contributed by atoms with E-state index in [1.54, 1.807) is 0 Å². The van der Waals surface area contributed by atoms with Crippen molar-refractivity contribution in [1.29, 1.82) is 0 Å². The van der Waals surface area contributed by atoms with Gasteiger partial charge < -0.3 is 20.0 Å². The zero-order valence-electron chi connectivity index (χ0n) is 17.6. The Balaban J connectivity index is 1.23. The molecule has 0 radical (unpaired) electrons. The molecule has 5 nitrogen and oxygen atoms in total. The van der Waals surface area contributed by atoms with E-state index in [0.29, 0.717) is 6.54 Å². The van der Waals surface area contributed by atoms with Gasteiger partial charge in [-0.3, -0.25) is 4.79 Å². The van der Waals surface area contributed by atoms with E-state index in [1.807, 2.05) is 24.3 Å². The summed E-state index contributed by atoms with van der Waals surface area (Å²) in [4.78, 5) is 18.5. The minimum atomic E-state index is -0.209. The van der Waals surface area contributed by atoms with E-state index in [-0.39, 0.29) is 11.7 Å². The molecule has 2 aliphatic heterocycles. The lowest BCUT2D eigenvalue weighted by atomic mass is 10.2. The van der Waals surface area contributed by atoms with Crippen LogP contribution in [0.2, 0.25) is 0 Å². The lowest BCUT2D eigenvalue weighted by Gasteiger charge is -2.33. The Bertz CT molecular complexity index is 808. The van der Waals surface area contributed by atoms with Crippen molar-refractivity contribution >= 4 is 23.0 Å². The highest BCUT2D eigenvalue weighted by Crippen LogP contribution is 2.21. The zero-order chi connectivity index (χ0) is 20.8. The molecule has 2 aromatic carbocycles. The molecule has 2 N–H and O–H groups in total. The van der Waals surface area contributed by atoms with Crippen LogP contribution in [-0.2, 0) is 4.79 Å². The summed E-state index contributed by atoms with van der Waals surface area (Å²) in [7, 11) is 0. The number of nitrogens with one attached hydrogen (secondary N) is 2. The molecule has 2 fully saturated rings. The molecule has 0 saturated carbocycles. The topological polar surface area (TPSA) is 40.0 Å². The van der Waals surface area contributed by atoms with Gasteiger partial charge in [-0.25, -0.2) is 4.39 Å². The molecule has 1 amide bonds. The van der Waals surface area contributed by atoms with Gasteiger partial charge in [0.2, 0.25) is 0 Å². The molecule has 2 aliphatic rings. The van der Waals surface area contributed by atoms with Crippen molar-refractivity contribution in [3.05, 3.63) is 54.3 Å². The monoisotopic (exact) mass is 411 g/mol. The van der Waals surface area contributed by atoms with Crippen molar-refractivity contribution in [2.75, 3.05) is 60.9 Å². The van der Waals surface area contributed by atoms with Crippen molar-refractivity contribution in [1.82, 2.24) is 0 Å². The smallest absolute Gasteiger partial charge is 0.279 e. The maximum absolute atomic E-state index is 13.1. The minimum Gasteiger partial charge on any atom is -0.372 e. The van der Waals surface area contributed by atoms with E-state index in [0.717, 1.165) is 50.6 Å². The molecule has 4 rings (SSSR count). The molecule has 0 unspecified atom stereocenters. The maximum atomic E-state index is 13.1. The van der Waals surface area contributed by atoms with Gasteiger partial charge in [-0.2, -0.15) is 0 Å². The fourth-order valence-corrected chi connectivity index (χ4v) is 4.43. The standard InChI is InChI=1S/C24H31FN4O/c25-20-5-9-22(10-6-20)29-17-15-27(16-18-29)19-24(30)26-21-7-11-23(12-8-21)28-13-3-1-2-4-14-28/h5-12H,1-4,13-19H2,(H,26,30)/p+1. The summed E-state index contributed by atoms with van der Waals surface area (Å²) in [5.74, 6) is -0.151. The van der Waals surface area contributed by atoms with Gasteiger partial charge in [0.25, 0.3) is 5.91 Å². The number of quaternary nitrogens is 1. The van der Waals surface area contributed by atoms with Crippen LogP contribution in [-0.4, -0.2) is 51.7 Å². The van der Waals surface area contributed by atoms with Gasteiger partial charge in [-0.15, -0.1) is 0 Å². The average molecular weight is 412 g/mol. The third-order valence-corrected chi connectivity index (χ3v) is 6.20. The second-order valence-electron chi connectivity index (χ2n) is 8.39. The Morgan fingerprint density at radius 2 is 1.33 bits per heavy atom. The van der Waals surface area contributed by atoms with Crippen molar-refractivity contribution in [3.63, 3.8) is 0 Å². The third kappa shape index (κ3) is 5.51. The Hall–Kier alpha value is -2.60. The van der Waals surface area contributed by atoms with Gasteiger partial charge in [0.1, 0.15) is 5.82 Å². The number of amides is 1. The molecule has 2 heterocycles. The maximum Gasteiger partial charge on any atom is 0.279 e. The van der Waals surface area contributed by atoms with E-state index in [4.69, 9.17) is 0 Å². The second kappa shape index (κ2) is 9.94. The van der Waals surface area contributed by atoms with Gasteiger partial charge in [-0.05, 0) is 61.4 Å². The Morgan fingerprint density at radius 1 is 0.800 bits per heavy atom. The van der Waals surface area contributed by atoms with E-state index in [1.165, 1.54) is 48.4 Å². The van der Waals surface area contributed by atoms with Gasteiger partial charge in [0.15, 0.2) is 6.54 Å². The number of carbonyl (C=O) groups is 1. The molecule has 2 aromatic rings. The average Bonchev–Trinajstić information content (AvgIpc) is 3.05. The fraction of sp³-hybridized carbons (Fsp3) is 0.458. The summed E-state index contributed by atoms with van der Waals surface area (Å²) in [6.07, 6.45) is 5.17. The summed E-state index contributed by atoms with van der Waals surface area (Å²) in [6, 6.07) is 14.9. The van der Waals surface area contributed by atoms with Crippen LogP contribution in [0.25, 0.3) is 0 Å². The molecular formula is C24H32FN4O+. The Kier molecular flexibility index (Phi) is 6.84. The van der Waals surface area contributed by atoms with Gasteiger partial charge in [0, 0.05) is 30.2 Å². The molecule has 0 atom stereocenters. The first-order valence-electron chi connectivity index (χ1n) is 11.2. The van der Waals surface area contributed by atoms with Crippen LogP contribution < -0.4 is 20.0 Å². The first-order chi connectivity index (χ1) is 14.7. The van der Waals surface area contributed by atoms with Crippen LogP contribution in [0.4, 0.5) is 21.5 Å². The van der Waals surface area contributed by atoms with Crippen molar-refractivity contribution < 1.29 is 14.1 Å². The van der Waals surface area contributed by atoms with Crippen LogP contribution in [0.5, 0.6) is 0 Å². The Morgan fingerprint density at radius 3 is 1.93 bits per heavy atom. The SMILES string of the molecule is O=C(C[NH+]1CCN(c2ccc(F)cc2)CC1)Nc1ccc(N2CCCCCC2)cc1. The molecule has 30 heavy (non-hydrogen) atoms. The van der Waals surface area contributed by atoms with Crippen LogP contribution in [0.3, 0.4) is 0 Å². The number of nitrogens with zero attached hydrogens (tertiary/aromatic N) is 2. The number of halogens is 1. The fourth-order valence-electron chi connectivity index (χ4n) is 4.43. The first kappa shape index (κ1) is 20.7. The number of rotatable bonds is 5. The summed E-state index contributed by atoms with van der Waals surface area (Å²) in [5.41, 5.74) is 3.16. The lowest BCUT2D eigenvalue weighted by molar-refractivity contribution is -0.892. The van der Waals surface area contributed by atoms with Crippen molar-refractivity contribution in [2.45, 2.75) is 25.7 Å². The molecule has 0 bridgehead atoms. The highest BCUT2D eigenvalue weighted by Gasteiger charge is 2.22. The number of anilines is 3. The lowest BCUT2D eigenvalue weighted by Crippen LogP contribution is -3.15. The van der Waals surface area contributed by atoms with Crippen molar-refractivity contribution in [3.8, 4) is 0 Å². The summed E-state index contributed by atoms with van der Waals surface area (Å²) in [5, 5.41) is 3.05. The number of benzene rings is 2. The van der Waals surface area contributed by atoms with Gasteiger partial charge in [0.05, 0.1) is 26.2 Å². The van der Waals surface area contributed by atoms with E-state index in [2.05, 4.69) is 27.2 Å². The summed E-state index contributed by atoms with van der Waals surface area (Å²) >= 11 is 0. The van der Waals surface area contributed by atoms with E-state index >= 15 is 0 Å². The normalized spacial score (nSPS) is 18.2.